The minimum Gasteiger partial charge on any atom is -0.355 e. The second-order valence-electron chi connectivity index (χ2n) is 8.40. The molecule has 0 unspecified atom stereocenters. The maximum atomic E-state index is 12.6. The number of hydrogen-bond acceptors (Lipinski definition) is 5. The second-order valence-corrected chi connectivity index (χ2v) is 9.34. The van der Waals surface area contributed by atoms with Gasteiger partial charge in [-0.15, -0.1) is 10.2 Å². The van der Waals surface area contributed by atoms with Crippen LogP contribution in [-0.2, 0) is 24.2 Å². The minimum atomic E-state index is -0.00934. The molecule has 0 saturated carbocycles. The first-order valence-corrected chi connectivity index (χ1v) is 12.7. The average Bonchev–Trinajstić information content (AvgIpc) is 3.44. The van der Waals surface area contributed by atoms with Crippen molar-refractivity contribution in [3.05, 3.63) is 77.9 Å². The van der Waals surface area contributed by atoms with Gasteiger partial charge >= 0.3 is 0 Å². The Morgan fingerprint density at radius 3 is 2.59 bits per heavy atom. The highest BCUT2D eigenvalue weighted by molar-refractivity contribution is 7.99. The van der Waals surface area contributed by atoms with Crippen LogP contribution in [0, 0.1) is 6.92 Å². The summed E-state index contributed by atoms with van der Waals surface area (Å²) in [7, 11) is 0. The Morgan fingerprint density at radius 1 is 1.03 bits per heavy atom. The SMILES string of the molecule is Cc1nc2n(c1CCNC(=O)CSc1nnc(-c3ccccc3)n1-c1ccccc1)CCCC2. The van der Waals surface area contributed by atoms with E-state index in [-0.39, 0.29) is 11.7 Å². The molecule has 0 aliphatic carbocycles. The summed E-state index contributed by atoms with van der Waals surface area (Å²) >= 11 is 1.40. The van der Waals surface area contributed by atoms with Crippen LogP contribution in [-0.4, -0.2) is 42.5 Å². The molecule has 0 fully saturated rings. The molecular formula is C26H28N6OS. The summed E-state index contributed by atoms with van der Waals surface area (Å²) in [6, 6.07) is 20.0. The number of nitrogens with one attached hydrogen (secondary N) is 1. The largest absolute Gasteiger partial charge is 0.355 e. The number of para-hydroxylation sites is 1. The van der Waals surface area contributed by atoms with E-state index >= 15 is 0 Å². The van der Waals surface area contributed by atoms with Crippen LogP contribution in [0.15, 0.2) is 65.8 Å². The van der Waals surface area contributed by atoms with Gasteiger partial charge in [0, 0.05) is 42.9 Å². The first kappa shape index (κ1) is 22.4. The zero-order valence-electron chi connectivity index (χ0n) is 19.3. The lowest BCUT2D eigenvalue weighted by atomic mass is 10.1. The third-order valence-corrected chi connectivity index (χ3v) is 7.01. The van der Waals surface area contributed by atoms with E-state index in [2.05, 4.69) is 27.0 Å². The summed E-state index contributed by atoms with van der Waals surface area (Å²) in [5, 5.41) is 12.6. The Balaban J connectivity index is 1.24. The lowest BCUT2D eigenvalue weighted by molar-refractivity contribution is -0.118. The van der Waals surface area contributed by atoms with Gasteiger partial charge in [0.15, 0.2) is 11.0 Å². The van der Waals surface area contributed by atoms with E-state index in [1.807, 2.05) is 65.2 Å². The van der Waals surface area contributed by atoms with Crippen LogP contribution in [0.4, 0.5) is 0 Å². The Morgan fingerprint density at radius 2 is 1.79 bits per heavy atom. The molecule has 1 aliphatic heterocycles. The van der Waals surface area contributed by atoms with Gasteiger partial charge in [-0.25, -0.2) is 4.98 Å². The van der Waals surface area contributed by atoms with Crippen molar-refractivity contribution in [1.29, 1.82) is 0 Å². The van der Waals surface area contributed by atoms with Crippen molar-refractivity contribution in [2.45, 2.75) is 44.3 Å². The maximum absolute atomic E-state index is 12.6. The van der Waals surface area contributed by atoms with Gasteiger partial charge in [-0.05, 0) is 31.9 Å². The maximum Gasteiger partial charge on any atom is 0.230 e. The highest BCUT2D eigenvalue weighted by Gasteiger charge is 2.19. The van der Waals surface area contributed by atoms with Crippen molar-refractivity contribution in [3.63, 3.8) is 0 Å². The van der Waals surface area contributed by atoms with E-state index in [1.54, 1.807) is 0 Å². The van der Waals surface area contributed by atoms with E-state index in [9.17, 15) is 4.79 Å². The molecule has 2 aromatic carbocycles. The van der Waals surface area contributed by atoms with E-state index < -0.39 is 0 Å². The van der Waals surface area contributed by atoms with Crippen LogP contribution >= 0.6 is 11.8 Å². The van der Waals surface area contributed by atoms with E-state index in [0.29, 0.717) is 11.7 Å². The molecule has 0 saturated heterocycles. The summed E-state index contributed by atoms with van der Waals surface area (Å²) in [6.45, 7) is 3.71. The number of aryl methyl sites for hydroxylation is 2. The number of carbonyl (C=O) groups is 1. The predicted molar refractivity (Wildman–Crippen MR) is 134 cm³/mol. The fraction of sp³-hybridized carbons (Fsp3) is 0.308. The number of rotatable bonds is 8. The predicted octanol–water partition coefficient (Wildman–Crippen LogP) is 4.23. The zero-order chi connectivity index (χ0) is 23.3. The second kappa shape index (κ2) is 10.3. The van der Waals surface area contributed by atoms with Gasteiger partial charge in [0.1, 0.15) is 5.82 Å². The molecule has 174 valence electrons. The van der Waals surface area contributed by atoms with Crippen molar-refractivity contribution in [2.24, 2.45) is 0 Å². The van der Waals surface area contributed by atoms with Gasteiger partial charge in [0.05, 0.1) is 11.4 Å². The summed E-state index contributed by atoms with van der Waals surface area (Å²) in [4.78, 5) is 17.4. The molecule has 0 atom stereocenters. The fourth-order valence-electron chi connectivity index (χ4n) is 4.44. The zero-order valence-corrected chi connectivity index (χ0v) is 20.1. The van der Waals surface area contributed by atoms with E-state index in [1.165, 1.54) is 36.1 Å². The molecular weight excluding hydrogens is 444 g/mol. The molecule has 0 radical (unpaired) electrons. The monoisotopic (exact) mass is 472 g/mol. The number of carbonyl (C=O) groups excluding carboxylic acids is 1. The molecule has 1 N–H and O–H groups in total. The third-order valence-electron chi connectivity index (χ3n) is 6.08. The molecule has 3 heterocycles. The number of nitrogens with zero attached hydrogens (tertiary/aromatic N) is 5. The lowest BCUT2D eigenvalue weighted by Crippen LogP contribution is -2.28. The molecule has 34 heavy (non-hydrogen) atoms. The molecule has 1 amide bonds. The van der Waals surface area contributed by atoms with Gasteiger partial charge in [-0.2, -0.15) is 0 Å². The average molecular weight is 473 g/mol. The molecule has 4 aromatic rings. The highest BCUT2D eigenvalue weighted by atomic mass is 32.2. The van der Waals surface area contributed by atoms with Gasteiger partial charge in [0.2, 0.25) is 5.91 Å². The third kappa shape index (κ3) is 4.77. The van der Waals surface area contributed by atoms with Gasteiger partial charge < -0.3 is 9.88 Å². The molecule has 2 aromatic heterocycles. The normalized spacial score (nSPS) is 13.0. The van der Waals surface area contributed by atoms with Crippen molar-refractivity contribution < 1.29 is 4.79 Å². The van der Waals surface area contributed by atoms with Crippen LogP contribution in [0.3, 0.4) is 0 Å². The first-order chi connectivity index (χ1) is 16.7. The number of imidazole rings is 1. The number of amides is 1. The first-order valence-electron chi connectivity index (χ1n) is 11.7. The van der Waals surface area contributed by atoms with Gasteiger partial charge in [-0.1, -0.05) is 60.3 Å². The van der Waals surface area contributed by atoms with E-state index in [4.69, 9.17) is 4.98 Å². The van der Waals surface area contributed by atoms with Crippen molar-refractivity contribution in [3.8, 4) is 17.1 Å². The van der Waals surface area contributed by atoms with Crippen LogP contribution in [0.1, 0.15) is 30.1 Å². The highest BCUT2D eigenvalue weighted by Crippen LogP contribution is 2.27. The standard InChI is InChI=1S/C26H28N6OS/c1-19-22(31-17-9-8-14-23(31)28-19)15-16-27-24(33)18-34-26-30-29-25(20-10-4-2-5-11-20)32(26)21-12-6-3-7-13-21/h2-7,10-13H,8-9,14-18H2,1H3,(H,27,33). The molecule has 0 bridgehead atoms. The Bertz CT molecular complexity index is 1270. The number of aromatic nitrogens is 5. The van der Waals surface area contributed by atoms with Crippen LogP contribution in [0.2, 0.25) is 0 Å². The van der Waals surface area contributed by atoms with Crippen molar-refractivity contribution >= 4 is 17.7 Å². The quantitative estimate of drug-likeness (QED) is 0.389. The van der Waals surface area contributed by atoms with Crippen LogP contribution < -0.4 is 5.32 Å². The van der Waals surface area contributed by atoms with Crippen molar-refractivity contribution in [1.82, 2.24) is 29.6 Å². The van der Waals surface area contributed by atoms with Crippen molar-refractivity contribution in [2.75, 3.05) is 12.3 Å². The molecule has 8 heteroatoms. The number of fused-ring (bicyclic) bond motifs is 1. The number of thioether (sulfide) groups is 1. The van der Waals surface area contributed by atoms with Crippen LogP contribution in [0.25, 0.3) is 17.1 Å². The Kier molecular flexibility index (Phi) is 6.76. The fourth-order valence-corrected chi connectivity index (χ4v) is 5.22. The smallest absolute Gasteiger partial charge is 0.230 e. The van der Waals surface area contributed by atoms with Crippen LogP contribution in [0.5, 0.6) is 0 Å². The Hall–Kier alpha value is -3.39. The summed E-state index contributed by atoms with van der Waals surface area (Å²) in [6.07, 6.45) is 4.26. The van der Waals surface area contributed by atoms with Gasteiger partial charge in [-0.3, -0.25) is 9.36 Å². The minimum absolute atomic E-state index is 0.00934. The lowest BCUT2D eigenvalue weighted by Gasteiger charge is -2.16. The van der Waals surface area contributed by atoms with E-state index in [0.717, 1.165) is 42.2 Å². The molecule has 0 spiro atoms. The topological polar surface area (TPSA) is 77.6 Å². The summed E-state index contributed by atoms with van der Waals surface area (Å²) in [5.41, 5.74) is 4.29. The molecule has 5 rings (SSSR count). The number of hydrogen-bond donors (Lipinski definition) is 1. The Labute approximate surface area is 203 Å². The van der Waals surface area contributed by atoms with Gasteiger partial charge in [0.25, 0.3) is 0 Å². The molecule has 7 nitrogen and oxygen atoms in total. The number of benzene rings is 2. The summed E-state index contributed by atoms with van der Waals surface area (Å²) in [5.74, 6) is 2.22. The summed E-state index contributed by atoms with van der Waals surface area (Å²) < 4.78 is 4.35. The molecule has 1 aliphatic rings.